The van der Waals surface area contributed by atoms with Gasteiger partial charge < -0.3 is 4.42 Å². The van der Waals surface area contributed by atoms with E-state index in [9.17, 15) is 0 Å². The van der Waals surface area contributed by atoms with E-state index in [1.807, 2.05) is 36.4 Å². The Kier molecular flexibility index (Phi) is 6.20. The summed E-state index contributed by atoms with van der Waals surface area (Å²) in [6, 6.07) is 49.9. The van der Waals surface area contributed by atoms with Crippen molar-refractivity contribution in [3.63, 3.8) is 0 Å². The third-order valence-corrected chi connectivity index (χ3v) is 13.3. The summed E-state index contributed by atoms with van der Waals surface area (Å²) in [5.41, 5.74) is 13.0. The van der Waals surface area contributed by atoms with Crippen molar-refractivity contribution in [2.75, 3.05) is 0 Å². The molecule has 0 radical (unpaired) electrons. The first-order chi connectivity index (χ1) is 26.2. The van der Waals surface area contributed by atoms with Gasteiger partial charge in [-0.1, -0.05) is 115 Å². The molecule has 0 unspecified atom stereocenters. The molecule has 0 atom stereocenters. The van der Waals surface area contributed by atoms with Crippen LogP contribution in [0.1, 0.15) is 43.2 Å². The highest BCUT2D eigenvalue weighted by molar-refractivity contribution is 6.12. The lowest BCUT2D eigenvalue weighted by molar-refractivity contribution is -0.0399. The van der Waals surface area contributed by atoms with E-state index in [4.69, 9.17) is 19.4 Å². The normalized spacial score (nSPS) is 23.5. The van der Waals surface area contributed by atoms with Crippen LogP contribution in [0.2, 0.25) is 0 Å². The van der Waals surface area contributed by atoms with Crippen LogP contribution in [-0.4, -0.2) is 15.0 Å². The van der Waals surface area contributed by atoms with Crippen LogP contribution in [-0.2, 0) is 5.41 Å². The second kappa shape index (κ2) is 11.1. The van der Waals surface area contributed by atoms with E-state index in [1.54, 1.807) is 11.1 Å². The maximum atomic E-state index is 6.24. The molecule has 1 spiro atoms. The fourth-order valence-electron chi connectivity index (χ4n) is 11.5. The third-order valence-electron chi connectivity index (χ3n) is 13.3. The van der Waals surface area contributed by atoms with Gasteiger partial charge in [0, 0.05) is 32.9 Å². The molecule has 0 N–H and O–H groups in total. The summed E-state index contributed by atoms with van der Waals surface area (Å²) < 4.78 is 6.24. The molecule has 0 aliphatic heterocycles. The largest absolute Gasteiger partial charge is 0.456 e. The van der Waals surface area contributed by atoms with Crippen molar-refractivity contribution in [2.24, 2.45) is 23.7 Å². The predicted octanol–water partition coefficient (Wildman–Crippen LogP) is 12.2. The number of fused-ring (bicyclic) bond motifs is 6. The lowest BCUT2D eigenvalue weighted by atomic mass is 9.43. The van der Waals surface area contributed by atoms with Gasteiger partial charge in [0.2, 0.25) is 0 Å². The minimum atomic E-state index is 0.140. The molecule has 13 rings (SSSR count). The van der Waals surface area contributed by atoms with E-state index in [1.165, 1.54) is 43.2 Å². The van der Waals surface area contributed by atoms with Crippen LogP contribution in [0.15, 0.2) is 144 Å². The fourth-order valence-corrected chi connectivity index (χ4v) is 11.5. The van der Waals surface area contributed by atoms with Crippen molar-refractivity contribution in [2.45, 2.75) is 37.5 Å². The molecule has 4 nitrogen and oxygen atoms in total. The van der Waals surface area contributed by atoms with E-state index in [2.05, 4.69) is 103 Å². The molecular formula is C49H37N3O. The summed E-state index contributed by atoms with van der Waals surface area (Å²) in [7, 11) is 0. The number of aromatic nitrogens is 3. The van der Waals surface area contributed by atoms with Crippen LogP contribution >= 0.6 is 0 Å². The van der Waals surface area contributed by atoms with Crippen molar-refractivity contribution in [3.8, 4) is 56.4 Å². The number of rotatable bonds is 4. The molecule has 254 valence electrons. The van der Waals surface area contributed by atoms with E-state index < -0.39 is 0 Å². The Labute approximate surface area is 308 Å². The minimum Gasteiger partial charge on any atom is -0.456 e. The Morgan fingerprint density at radius 3 is 1.83 bits per heavy atom. The van der Waals surface area contributed by atoms with Crippen LogP contribution in [0.4, 0.5) is 0 Å². The highest BCUT2D eigenvalue weighted by atomic mass is 16.3. The topological polar surface area (TPSA) is 51.8 Å². The molecule has 4 heteroatoms. The molecule has 2 aromatic heterocycles. The molecule has 0 saturated heterocycles. The Bertz CT molecular complexity index is 2730. The molecule has 6 aromatic carbocycles. The van der Waals surface area contributed by atoms with Gasteiger partial charge >= 0.3 is 0 Å². The van der Waals surface area contributed by atoms with Crippen molar-refractivity contribution in [1.82, 2.24) is 15.0 Å². The van der Waals surface area contributed by atoms with Gasteiger partial charge in [0.1, 0.15) is 11.2 Å². The Hall–Kier alpha value is -5.87. The highest BCUT2D eigenvalue weighted by Crippen LogP contribution is 2.69. The van der Waals surface area contributed by atoms with Gasteiger partial charge in [-0.15, -0.1) is 0 Å². The molecular weight excluding hydrogens is 647 g/mol. The highest BCUT2D eigenvalue weighted by Gasteiger charge is 2.61. The average Bonchev–Trinajstić information content (AvgIpc) is 3.74. The van der Waals surface area contributed by atoms with Crippen LogP contribution in [0, 0.1) is 23.7 Å². The van der Waals surface area contributed by atoms with Crippen LogP contribution in [0.25, 0.3) is 78.4 Å². The van der Waals surface area contributed by atoms with Crippen molar-refractivity contribution < 1.29 is 4.42 Å². The molecule has 53 heavy (non-hydrogen) atoms. The quantitative estimate of drug-likeness (QED) is 0.185. The summed E-state index contributed by atoms with van der Waals surface area (Å²) >= 11 is 0. The van der Waals surface area contributed by atoms with Gasteiger partial charge in [-0.3, -0.25) is 0 Å². The summed E-state index contributed by atoms with van der Waals surface area (Å²) in [4.78, 5) is 15.5. The second-order valence-electron chi connectivity index (χ2n) is 16.0. The maximum Gasteiger partial charge on any atom is 0.164 e. The summed E-state index contributed by atoms with van der Waals surface area (Å²) in [6.45, 7) is 0. The van der Waals surface area contributed by atoms with Crippen molar-refractivity contribution in [1.29, 1.82) is 0 Å². The molecule has 5 aliphatic rings. The number of hydrogen-bond acceptors (Lipinski definition) is 4. The van der Waals surface area contributed by atoms with Gasteiger partial charge in [0.15, 0.2) is 17.5 Å². The Morgan fingerprint density at radius 2 is 1.02 bits per heavy atom. The molecule has 0 amide bonds. The maximum absolute atomic E-state index is 6.24. The minimum absolute atomic E-state index is 0.140. The predicted molar refractivity (Wildman–Crippen MR) is 212 cm³/mol. The number of nitrogens with zero attached hydrogens (tertiary/aromatic N) is 3. The van der Waals surface area contributed by atoms with E-state index in [-0.39, 0.29) is 5.41 Å². The fraction of sp³-hybridized carbons (Fsp3) is 0.204. The van der Waals surface area contributed by atoms with Gasteiger partial charge in [-0.05, 0) is 113 Å². The standard InChI is InChI=1S/C49H37N3O/c1-2-10-31(11-3-1)46-50-47(33-13-8-12-32(27-33)37-16-9-19-44-45(37)39-15-5-7-18-43(39)53-44)52-48(51-46)34-20-21-42-40(28-34)38-14-4-6-17-41(38)49(42)35-23-29-22-30(25-35)26-36(49)24-29/h1-21,27-30,35-36H,22-26H2. The zero-order valence-corrected chi connectivity index (χ0v) is 29.4. The average molecular weight is 684 g/mol. The monoisotopic (exact) mass is 683 g/mol. The van der Waals surface area contributed by atoms with Crippen LogP contribution in [0.3, 0.4) is 0 Å². The molecule has 2 heterocycles. The second-order valence-corrected chi connectivity index (χ2v) is 16.0. The van der Waals surface area contributed by atoms with Gasteiger partial charge in [-0.2, -0.15) is 0 Å². The van der Waals surface area contributed by atoms with E-state index >= 15 is 0 Å². The zero-order valence-electron chi connectivity index (χ0n) is 29.4. The summed E-state index contributed by atoms with van der Waals surface area (Å²) in [6.07, 6.45) is 6.98. The lowest BCUT2D eigenvalue weighted by Crippen LogP contribution is -2.55. The van der Waals surface area contributed by atoms with Gasteiger partial charge in [0.25, 0.3) is 0 Å². The number of hydrogen-bond donors (Lipinski definition) is 0. The Morgan fingerprint density at radius 1 is 0.434 bits per heavy atom. The molecule has 5 aliphatic carbocycles. The summed E-state index contributed by atoms with van der Waals surface area (Å²) in [5.74, 6) is 5.36. The van der Waals surface area contributed by atoms with E-state index in [0.717, 1.165) is 73.4 Å². The molecule has 4 bridgehead atoms. The Balaban J connectivity index is 1.02. The molecule has 8 aromatic rings. The number of para-hydroxylation sites is 1. The zero-order chi connectivity index (χ0) is 34.7. The summed E-state index contributed by atoms with van der Waals surface area (Å²) in [5, 5.41) is 2.24. The molecule has 4 fully saturated rings. The van der Waals surface area contributed by atoms with Gasteiger partial charge in [-0.25, -0.2) is 15.0 Å². The van der Waals surface area contributed by atoms with Crippen molar-refractivity contribution >= 4 is 21.9 Å². The lowest BCUT2D eigenvalue weighted by Gasteiger charge is -2.61. The first-order valence-corrected chi connectivity index (χ1v) is 19.3. The number of benzene rings is 6. The van der Waals surface area contributed by atoms with E-state index in [0.29, 0.717) is 17.5 Å². The third kappa shape index (κ3) is 4.27. The van der Waals surface area contributed by atoms with Crippen LogP contribution < -0.4 is 0 Å². The number of furan rings is 1. The first-order valence-electron chi connectivity index (χ1n) is 19.3. The van der Waals surface area contributed by atoms with Gasteiger partial charge in [0.05, 0.1) is 0 Å². The SMILES string of the molecule is c1ccc(-c2nc(-c3cccc(-c4cccc5oc6ccccc6c45)c3)nc(-c3ccc4c(c3)-c3ccccc3C43C4CC5CC(C4)CC3C5)n2)cc1. The van der Waals surface area contributed by atoms with Crippen LogP contribution in [0.5, 0.6) is 0 Å². The smallest absolute Gasteiger partial charge is 0.164 e. The first kappa shape index (κ1) is 29.7. The van der Waals surface area contributed by atoms with Crippen molar-refractivity contribution in [3.05, 3.63) is 151 Å². The molecule has 4 saturated carbocycles.